The quantitative estimate of drug-likeness (QED) is 0.477. The Morgan fingerprint density at radius 1 is 1.31 bits per heavy atom. The fourth-order valence-electron chi connectivity index (χ4n) is 1.86. The van der Waals surface area contributed by atoms with E-state index in [0.29, 0.717) is 0 Å². The van der Waals surface area contributed by atoms with Crippen LogP contribution in [0.2, 0.25) is 0 Å². The van der Waals surface area contributed by atoms with E-state index < -0.39 is 0 Å². The zero-order valence-corrected chi connectivity index (χ0v) is 7.75. The summed E-state index contributed by atoms with van der Waals surface area (Å²) in [5, 5.41) is 12.2. The third-order valence-electron chi connectivity index (χ3n) is 2.56. The number of fused-ring (bicyclic) bond motifs is 1. The van der Waals surface area contributed by atoms with Crippen LogP contribution in [-0.4, -0.2) is 10.9 Å². The van der Waals surface area contributed by atoms with E-state index in [1.807, 2.05) is 0 Å². The van der Waals surface area contributed by atoms with Gasteiger partial charge in [0.25, 0.3) is 0 Å². The van der Waals surface area contributed by atoms with Crippen molar-refractivity contribution in [1.82, 2.24) is 0 Å². The normalized spacial score (nSPS) is 18.7. The highest BCUT2D eigenvalue weighted by molar-refractivity contribution is 6.02. The summed E-state index contributed by atoms with van der Waals surface area (Å²) in [5.41, 5.74) is 4.50. The van der Waals surface area contributed by atoms with Gasteiger partial charge in [-0.3, -0.25) is 0 Å². The molecule has 0 bridgehead atoms. The minimum absolute atomic E-state index is 0.838. The third-order valence-corrected chi connectivity index (χ3v) is 2.56. The van der Waals surface area contributed by atoms with Crippen molar-refractivity contribution < 1.29 is 5.21 Å². The average Bonchev–Trinajstić information content (AvgIpc) is 2.17. The van der Waals surface area contributed by atoms with Crippen molar-refractivity contribution in [3.8, 4) is 0 Å². The van der Waals surface area contributed by atoms with Crippen molar-refractivity contribution in [3.05, 3.63) is 34.9 Å². The highest BCUT2D eigenvalue weighted by atomic mass is 16.4. The molecule has 1 aromatic rings. The molecule has 0 unspecified atom stereocenters. The topological polar surface area (TPSA) is 32.6 Å². The van der Waals surface area contributed by atoms with Crippen LogP contribution in [0.5, 0.6) is 0 Å². The summed E-state index contributed by atoms with van der Waals surface area (Å²) in [6.45, 7) is 2.06. The molecule has 0 atom stereocenters. The number of aryl methyl sites for hydroxylation is 2. The minimum Gasteiger partial charge on any atom is -0.411 e. The zero-order chi connectivity index (χ0) is 9.26. The lowest BCUT2D eigenvalue weighted by atomic mass is 9.89. The van der Waals surface area contributed by atoms with E-state index in [1.54, 1.807) is 0 Å². The van der Waals surface area contributed by atoms with E-state index in [4.69, 9.17) is 5.21 Å². The zero-order valence-electron chi connectivity index (χ0n) is 7.75. The number of rotatable bonds is 0. The highest BCUT2D eigenvalue weighted by Gasteiger charge is 2.15. The van der Waals surface area contributed by atoms with Gasteiger partial charge in [-0.1, -0.05) is 22.9 Å². The molecule has 2 rings (SSSR count). The number of nitrogens with zero attached hydrogens (tertiary/aromatic N) is 1. The van der Waals surface area contributed by atoms with Gasteiger partial charge < -0.3 is 5.21 Å². The number of hydrogen-bond acceptors (Lipinski definition) is 2. The lowest BCUT2D eigenvalue weighted by molar-refractivity contribution is 0.317. The Hall–Kier alpha value is -1.31. The molecular weight excluding hydrogens is 162 g/mol. The largest absolute Gasteiger partial charge is 0.411 e. The van der Waals surface area contributed by atoms with Crippen molar-refractivity contribution in [2.24, 2.45) is 5.16 Å². The predicted octanol–water partition coefficient (Wildman–Crippen LogP) is 2.51. The molecule has 1 aromatic carbocycles. The fraction of sp³-hybridized carbons (Fsp3) is 0.364. The summed E-state index contributed by atoms with van der Waals surface area (Å²) in [5.74, 6) is 0. The van der Waals surface area contributed by atoms with Crippen LogP contribution in [-0.2, 0) is 6.42 Å². The van der Waals surface area contributed by atoms with Gasteiger partial charge in [0, 0.05) is 5.56 Å². The molecule has 2 nitrogen and oxygen atoms in total. The standard InChI is InChI=1S/C11H13NO/c1-8-5-6-9-3-2-4-11(12-13)10(9)7-8/h5-7,13H,2-4H2,1H3/b12-11-. The van der Waals surface area contributed by atoms with E-state index in [2.05, 4.69) is 30.3 Å². The van der Waals surface area contributed by atoms with Crippen LogP contribution >= 0.6 is 0 Å². The first-order valence-electron chi connectivity index (χ1n) is 4.62. The van der Waals surface area contributed by atoms with Gasteiger partial charge in [-0.15, -0.1) is 0 Å². The van der Waals surface area contributed by atoms with Gasteiger partial charge in [-0.25, -0.2) is 0 Å². The van der Waals surface area contributed by atoms with Gasteiger partial charge in [-0.05, 0) is 37.8 Å². The Morgan fingerprint density at radius 2 is 2.15 bits per heavy atom. The molecule has 0 radical (unpaired) electrons. The Balaban J connectivity index is 2.54. The van der Waals surface area contributed by atoms with Crippen molar-refractivity contribution in [2.45, 2.75) is 26.2 Å². The van der Waals surface area contributed by atoms with Crippen LogP contribution in [0.25, 0.3) is 0 Å². The molecule has 0 aliphatic heterocycles. The van der Waals surface area contributed by atoms with E-state index in [0.717, 1.165) is 30.5 Å². The molecule has 0 fully saturated rings. The summed E-state index contributed by atoms with van der Waals surface area (Å²) in [7, 11) is 0. The predicted molar refractivity (Wildman–Crippen MR) is 52.4 cm³/mol. The van der Waals surface area contributed by atoms with Crippen LogP contribution in [0.4, 0.5) is 0 Å². The summed E-state index contributed by atoms with van der Waals surface area (Å²) < 4.78 is 0. The molecule has 68 valence electrons. The van der Waals surface area contributed by atoms with Crippen molar-refractivity contribution >= 4 is 5.71 Å². The molecule has 2 heteroatoms. The molecule has 0 heterocycles. The number of hydrogen-bond donors (Lipinski definition) is 1. The van der Waals surface area contributed by atoms with Gasteiger partial charge in [0.05, 0.1) is 5.71 Å². The first-order valence-corrected chi connectivity index (χ1v) is 4.62. The second kappa shape index (κ2) is 3.21. The van der Waals surface area contributed by atoms with Gasteiger partial charge in [0.2, 0.25) is 0 Å². The molecule has 0 aromatic heterocycles. The first kappa shape index (κ1) is 8.30. The molecular formula is C11H13NO. The van der Waals surface area contributed by atoms with Gasteiger partial charge >= 0.3 is 0 Å². The van der Waals surface area contributed by atoms with Crippen LogP contribution in [0, 0.1) is 6.92 Å². The lowest BCUT2D eigenvalue weighted by Gasteiger charge is -2.16. The van der Waals surface area contributed by atoms with E-state index in [9.17, 15) is 0 Å². The van der Waals surface area contributed by atoms with E-state index in [-0.39, 0.29) is 0 Å². The summed E-state index contributed by atoms with van der Waals surface area (Å²) in [6, 6.07) is 6.34. The maximum absolute atomic E-state index is 8.82. The Morgan fingerprint density at radius 3 is 2.92 bits per heavy atom. The molecule has 1 aliphatic carbocycles. The summed E-state index contributed by atoms with van der Waals surface area (Å²) >= 11 is 0. The minimum atomic E-state index is 0.838. The van der Waals surface area contributed by atoms with Crippen molar-refractivity contribution in [2.75, 3.05) is 0 Å². The summed E-state index contributed by atoms with van der Waals surface area (Å²) in [6.07, 6.45) is 3.09. The average molecular weight is 175 g/mol. The smallest absolute Gasteiger partial charge is 0.0870 e. The van der Waals surface area contributed by atoms with Crippen LogP contribution in [0.1, 0.15) is 29.5 Å². The third kappa shape index (κ3) is 1.44. The van der Waals surface area contributed by atoms with Crippen LogP contribution in [0.3, 0.4) is 0 Å². The molecule has 0 spiro atoms. The van der Waals surface area contributed by atoms with Crippen LogP contribution < -0.4 is 0 Å². The fourth-order valence-corrected chi connectivity index (χ4v) is 1.86. The maximum Gasteiger partial charge on any atom is 0.0870 e. The molecule has 0 amide bonds. The van der Waals surface area contributed by atoms with Gasteiger partial charge in [0.1, 0.15) is 0 Å². The monoisotopic (exact) mass is 175 g/mol. The van der Waals surface area contributed by atoms with Crippen molar-refractivity contribution in [3.63, 3.8) is 0 Å². The van der Waals surface area contributed by atoms with Gasteiger partial charge in [0.15, 0.2) is 0 Å². The van der Waals surface area contributed by atoms with Crippen LogP contribution in [0.15, 0.2) is 23.4 Å². The molecule has 1 aliphatic rings. The Labute approximate surface area is 77.9 Å². The second-order valence-corrected chi connectivity index (χ2v) is 3.56. The Bertz CT molecular complexity index is 355. The molecule has 1 N–H and O–H groups in total. The first-order chi connectivity index (χ1) is 6.31. The van der Waals surface area contributed by atoms with E-state index >= 15 is 0 Å². The molecule has 0 saturated heterocycles. The highest BCUT2D eigenvalue weighted by Crippen LogP contribution is 2.22. The van der Waals surface area contributed by atoms with Crippen molar-refractivity contribution in [1.29, 1.82) is 0 Å². The number of benzene rings is 1. The second-order valence-electron chi connectivity index (χ2n) is 3.56. The molecule has 0 saturated carbocycles. The van der Waals surface area contributed by atoms with Gasteiger partial charge in [-0.2, -0.15) is 0 Å². The summed E-state index contributed by atoms with van der Waals surface area (Å²) in [4.78, 5) is 0. The SMILES string of the molecule is Cc1ccc2c(c1)/C(=N\O)CCC2. The molecule has 13 heavy (non-hydrogen) atoms. The lowest BCUT2D eigenvalue weighted by Crippen LogP contribution is -2.11. The Kier molecular flexibility index (Phi) is 2.05. The van der Waals surface area contributed by atoms with E-state index in [1.165, 1.54) is 11.1 Å². The number of oxime groups is 1. The maximum atomic E-state index is 8.82.